The Morgan fingerprint density at radius 1 is 1.00 bits per heavy atom. The highest BCUT2D eigenvalue weighted by Gasteiger charge is 2.42. The van der Waals surface area contributed by atoms with Crippen molar-refractivity contribution in [3.63, 3.8) is 0 Å². The van der Waals surface area contributed by atoms with Crippen molar-refractivity contribution >= 4 is 33.3 Å². The quantitative estimate of drug-likeness (QED) is 0.129. The van der Waals surface area contributed by atoms with E-state index in [0.29, 0.717) is 42.5 Å². The van der Waals surface area contributed by atoms with Gasteiger partial charge in [-0.05, 0) is 80.8 Å². The van der Waals surface area contributed by atoms with Crippen LogP contribution < -0.4 is 20.1 Å². The van der Waals surface area contributed by atoms with Crippen LogP contribution >= 0.6 is 11.6 Å². The minimum Gasteiger partial charge on any atom is -0.485 e. The molecule has 0 aromatic heterocycles. The van der Waals surface area contributed by atoms with E-state index in [9.17, 15) is 18.3 Å². The van der Waals surface area contributed by atoms with Crippen molar-refractivity contribution in [2.45, 2.75) is 94.4 Å². The van der Waals surface area contributed by atoms with Crippen LogP contribution in [0.4, 0.5) is 10.5 Å². The molecule has 2 amide bonds. The fourth-order valence-corrected chi connectivity index (χ4v) is 7.56. The van der Waals surface area contributed by atoms with Gasteiger partial charge in [0.2, 0.25) is 0 Å². The zero-order valence-electron chi connectivity index (χ0n) is 27.5. The van der Waals surface area contributed by atoms with Crippen LogP contribution in [0, 0.1) is 0 Å². The molecule has 0 aliphatic carbocycles. The zero-order chi connectivity index (χ0) is 33.6. The second-order valence-electron chi connectivity index (χ2n) is 13.0. The fourth-order valence-electron chi connectivity index (χ4n) is 6.34. The van der Waals surface area contributed by atoms with Crippen molar-refractivity contribution < 1.29 is 23.1 Å². The number of hydrogen-bond acceptors (Lipinski definition) is 6. The summed E-state index contributed by atoms with van der Waals surface area (Å²) in [7, 11) is -3.80. The normalized spacial score (nSPS) is 20.4. The summed E-state index contributed by atoms with van der Waals surface area (Å²) in [6, 6.07) is 19.0. The summed E-state index contributed by atoms with van der Waals surface area (Å²) in [5, 5.41) is 18.0. The lowest BCUT2D eigenvalue weighted by molar-refractivity contribution is -0.0643. The van der Waals surface area contributed by atoms with Gasteiger partial charge in [0.25, 0.3) is 10.0 Å². The molecule has 1 fully saturated rings. The Hall–Kier alpha value is -3.31. The molecule has 3 unspecified atom stereocenters. The molecule has 4 N–H and O–H groups in total. The molecule has 11 heteroatoms. The maximum absolute atomic E-state index is 13.2. The SMILES string of the molecule is CCCCCCCCN1C(=O)NCC1c1ccc(S(=O)(=O)Nc2ccc(CCNC3c4ccc(Cl)cc4OC(C)(C)C3O)cc2)cc1. The first-order valence-electron chi connectivity index (χ1n) is 16.6. The second-order valence-corrected chi connectivity index (χ2v) is 15.2. The van der Waals surface area contributed by atoms with Crippen molar-refractivity contribution in [2.75, 3.05) is 24.4 Å². The molecule has 2 heterocycles. The van der Waals surface area contributed by atoms with Crippen LogP contribution in [0.3, 0.4) is 0 Å². The Kier molecular flexibility index (Phi) is 11.4. The smallest absolute Gasteiger partial charge is 0.318 e. The monoisotopic (exact) mass is 682 g/mol. The molecule has 9 nitrogen and oxygen atoms in total. The molecule has 5 rings (SSSR count). The van der Waals surface area contributed by atoms with Gasteiger partial charge in [0.1, 0.15) is 17.5 Å². The number of amides is 2. The molecule has 0 spiro atoms. The largest absolute Gasteiger partial charge is 0.485 e. The highest BCUT2D eigenvalue weighted by atomic mass is 35.5. The van der Waals surface area contributed by atoms with Gasteiger partial charge >= 0.3 is 6.03 Å². The lowest BCUT2D eigenvalue weighted by atomic mass is 9.86. The number of urea groups is 1. The molecule has 3 atom stereocenters. The summed E-state index contributed by atoms with van der Waals surface area (Å²) in [6.07, 6.45) is 6.83. The van der Waals surface area contributed by atoms with Gasteiger partial charge in [0, 0.05) is 29.4 Å². The lowest BCUT2D eigenvalue weighted by Crippen LogP contribution is -2.52. The maximum Gasteiger partial charge on any atom is 0.318 e. The van der Waals surface area contributed by atoms with Crippen molar-refractivity contribution in [2.24, 2.45) is 0 Å². The van der Waals surface area contributed by atoms with Crippen LogP contribution in [0.2, 0.25) is 5.02 Å². The first-order valence-corrected chi connectivity index (χ1v) is 18.5. The number of benzene rings is 3. The maximum atomic E-state index is 13.2. The standard InChI is InChI=1S/C36H47ClN4O5S/c1-4-5-6-7-8-9-22-41-31(24-39-35(41)43)26-12-17-29(18-13-26)47(44,45)40-28-15-10-25(11-16-28)20-21-38-33-30-19-14-27(37)23-32(30)46-36(2,3)34(33)42/h10-19,23,31,33-34,38,40,42H,4-9,20-22,24H2,1-3H3,(H,39,43). The highest BCUT2D eigenvalue weighted by molar-refractivity contribution is 7.92. The van der Waals surface area contributed by atoms with E-state index in [1.807, 2.05) is 36.9 Å². The summed E-state index contributed by atoms with van der Waals surface area (Å²) in [6.45, 7) is 7.70. The highest BCUT2D eigenvalue weighted by Crippen LogP contribution is 2.41. The number of carbonyl (C=O) groups excluding carboxylic acids is 1. The number of fused-ring (bicyclic) bond motifs is 1. The molecular weight excluding hydrogens is 636 g/mol. The number of ether oxygens (including phenoxy) is 1. The van der Waals surface area contributed by atoms with Gasteiger partial charge in [0.15, 0.2) is 0 Å². The molecule has 0 radical (unpaired) electrons. The van der Waals surface area contributed by atoms with E-state index in [2.05, 4.69) is 22.3 Å². The zero-order valence-corrected chi connectivity index (χ0v) is 29.0. The molecule has 0 saturated carbocycles. The number of rotatable bonds is 15. The van der Waals surface area contributed by atoms with E-state index in [0.717, 1.165) is 29.5 Å². The molecule has 3 aromatic rings. The Bertz CT molecular complexity index is 1620. The van der Waals surface area contributed by atoms with Gasteiger partial charge in [-0.3, -0.25) is 4.72 Å². The van der Waals surface area contributed by atoms with E-state index in [4.69, 9.17) is 16.3 Å². The Morgan fingerprint density at radius 3 is 2.43 bits per heavy atom. The second kappa shape index (κ2) is 15.3. The van der Waals surface area contributed by atoms with Crippen LogP contribution in [0.1, 0.15) is 88.1 Å². The van der Waals surface area contributed by atoms with Gasteiger partial charge in [-0.1, -0.05) is 81.0 Å². The topological polar surface area (TPSA) is 120 Å². The van der Waals surface area contributed by atoms with Gasteiger partial charge in [-0.15, -0.1) is 0 Å². The third-order valence-electron chi connectivity index (χ3n) is 9.11. The number of anilines is 1. The molecule has 47 heavy (non-hydrogen) atoms. The van der Waals surface area contributed by atoms with E-state index >= 15 is 0 Å². The number of sulfonamides is 1. The molecule has 0 bridgehead atoms. The lowest BCUT2D eigenvalue weighted by Gasteiger charge is -2.42. The number of carbonyl (C=O) groups is 1. The minimum atomic E-state index is -3.80. The third-order valence-corrected chi connectivity index (χ3v) is 10.7. The molecule has 2 aliphatic rings. The predicted octanol–water partition coefficient (Wildman–Crippen LogP) is 6.97. The number of aliphatic hydroxyl groups is 1. The van der Waals surface area contributed by atoms with Crippen molar-refractivity contribution in [1.82, 2.24) is 15.5 Å². The number of halogens is 1. The van der Waals surface area contributed by atoms with Crippen LogP contribution in [0.25, 0.3) is 0 Å². The van der Waals surface area contributed by atoms with Crippen molar-refractivity contribution in [3.05, 3.63) is 88.4 Å². The number of hydrogen-bond donors (Lipinski definition) is 4. The van der Waals surface area contributed by atoms with Crippen LogP contribution in [0.5, 0.6) is 5.75 Å². The van der Waals surface area contributed by atoms with Gasteiger partial charge in [0.05, 0.1) is 17.0 Å². The van der Waals surface area contributed by atoms with E-state index < -0.39 is 21.7 Å². The summed E-state index contributed by atoms with van der Waals surface area (Å²) >= 11 is 6.17. The van der Waals surface area contributed by atoms with Crippen LogP contribution in [0.15, 0.2) is 71.6 Å². The van der Waals surface area contributed by atoms with Gasteiger partial charge < -0.3 is 25.4 Å². The molecule has 2 aliphatic heterocycles. The number of unbranched alkanes of at least 4 members (excludes halogenated alkanes) is 5. The fraction of sp³-hybridized carbons (Fsp3) is 0.472. The van der Waals surface area contributed by atoms with E-state index in [-0.39, 0.29) is 23.0 Å². The summed E-state index contributed by atoms with van der Waals surface area (Å²) in [5.41, 5.74) is 2.48. The van der Waals surface area contributed by atoms with Gasteiger partial charge in [-0.2, -0.15) is 0 Å². The summed E-state index contributed by atoms with van der Waals surface area (Å²) in [4.78, 5) is 14.5. The number of nitrogens with one attached hydrogen (secondary N) is 3. The molecule has 254 valence electrons. The Labute approximate surface area is 284 Å². The van der Waals surface area contributed by atoms with Crippen molar-refractivity contribution in [3.8, 4) is 5.75 Å². The molecule has 3 aromatic carbocycles. The third kappa shape index (κ3) is 8.59. The number of nitrogens with zero attached hydrogens (tertiary/aromatic N) is 1. The minimum absolute atomic E-state index is 0.0676. The van der Waals surface area contributed by atoms with Crippen molar-refractivity contribution in [1.29, 1.82) is 0 Å². The average molecular weight is 683 g/mol. The average Bonchev–Trinajstić information content (AvgIpc) is 3.41. The predicted molar refractivity (Wildman–Crippen MR) is 187 cm³/mol. The first-order chi connectivity index (χ1) is 22.5. The molecular formula is C36H47ClN4O5S. The Morgan fingerprint density at radius 2 is 1.70 bits per heavy atom. The Balaban J connectivity index is 1.14. The summed E-state index contributed by atoms with van der Waals surface area (Å²) in [5.74, 6) is 0.660. The first kappa shape index (κ1) is 35.0. The number of aliphatic hydroxyl groups excluding tert-OH is 1. The van der Waals surface area contributed by atoms with Crippen LogP contribution in [-0.4, -0.2) is 55.8 Å². The van der Waals surface area contributed by atoms with E-state index in [1.165, 1.54) is 25.7 Å². The summed E-state index contributed by atoms with van der Waals surface area (Å²) < 4.78 is 35.1. The van der Waals surface area contributed by atoms with Gasteiger partial charge in [-0.25, -0.2) is 13.2 Å². The van der Waals surface area contributed by atoms with Crippen LogP contribution in [-0.2, 0) is 16.4 Å². The molecule has 1 saturated heterocycles. The van der Waals surface area contributed by atoms with E-state index in [1.54, 1.807) is 48.5 Å².